The molecule has 30 heavy (non-hydrogen) atoms. The zero-order valence-electron chi connectivity index (χ0n) is 17.1. The monoisotopic (exact) mass is 410 g/mol. The Morgan fingerprint density at radius 2 is 1.03 bits per heavy atom. The third kappa shape index (κ3) is 4.38. The summed E-state index contributed by atoms with van der Waals surface area (Å²) in [5, 5.41) is 0.199. The van der Waals surface area contributed by atoms with Gasteiger partial charge in [0.1, 0.15) is 33.7 Å². The second-order valence-electron chi connectivity index (χ2n) is 6.24. The van der Waals surface area contributed by atoms with E-state index in [0.29, 0.717) is 34.1 Å². The Kier molecular flexibility index (Phi) is 6.26. The first-order chi connectivity index (χ1) is 14.5. The average molecular weight is 410 g/mol. The van der Waals surface area contributed by atoms with Gasteiger partial charge in [-0.1, -0.05) is 0 Å². The maximum Gasteiger partial charge on any atom is 0.272 e. The van der Waals surface area contributed by atoms with Crippen molar-refractivity contribution in [2.24, 2.45) is 0 Å². The Bertz CT molecular complexity index is 1190. The molecule has 0 saturated carbocycles. The fourth-order valence-electron chi connectivity index (χ4n) is 2.88. The molecule has 2 N–H and O–H groups in total. The maximum atomic E-state index is 12.6. The van der Waals surface area contributed by atoms with Crippen LogP contribution in [0.5, 0.6) is 23.0 Å². The quantitative estimate of drug-likeness (QED) is 0.622. The van der Waals surface area contributed by atoms with Crippen LogP contribution in [0.4, 0.5) is 0 Å². The minimum absolute atomic E-state index is 0.0994. The second kappa shape index (κ2) is 9.04. The van der Waals surface area contributed by atoms with E-state index in [1.54, 1.807) is 50.6 Å². The van der Waals surface area contributed by atoms with Crippen LogP contribution in [0.1, 0.15) is 11.1 Å². The van der Waals surface area contributed by atoms with Gasteiger partial charge in [0, 0.05) is 23.3 Å². The Morgan fingerprint density at radius 3 is 1.37 bits per heavy atom. The maximum absolute atomic E-state index is 12.6. The molecule has 0 spiro atoms. The number of H-pyrrole nitrogens is 2. The summed E-state index contributed by atoms with van der Waals surface area (Å²) in [6.07, 6.45) is 3.08. The number of ether oxygens (including phenoxy) is 4. The van der Waals surface area contributed by atoms with Crippen molar-refractivity contribution < 1.29 is 18.9 Å². The zero-order valence-corrected chi connectivity index (χ0v) is 17.1. The van der Waals surface area contributed by atoms with Crippen molar-refractivity contribution in [3.05, 3.63) is 78.9 Å². The fourth-order valence-corrected chi connectivity index (χ4v) is 2.88. The molecule has 0 fully saturated rings. The summed E-state index contributed by atoms with van der Waals surface area (Å²) in [4.78, 5) is 30.4. The zero-order chi connectivity index (χ0) is 21.7. The van der Waals surface area contributed by atoms with Crippen molar-refractivity contribution in [3.63, 3.8) is 0 Å². The predicted molar refractivity (Wildman–Crippen MR) is 113 cm³/mol. The average Bonchev–Trinajstić information content (AvgIpc) is 2.77. The van der Waals surface area contributed by atoms with Gasteiger partial charge in [0.2, 0.25) is 0 Å². The standard InChI is InChI=1S/C22H22N2O6/c1-27-15-7-5-13(19(11-15)29-3)9-17-21(25)24-18(22(26)23-17)10-14-6-8-16(28-2)12-20(14)30-4/h5-12H,1-4H3,(H,23,26)(H,24,25)/b17-9+,18-10+. The first kappa shape index (κ1) is 20.8. The minimum atomic E-state index is -0.453. The van der Waals surface area contributed by atoms with Crippen molar-refractivity contribution in [2.45, 2.75) is 0 Å². The van der Waals surface area contributed by atoms with Crippen LogP contribution in [0.2, 0.25) is 0 Å². The van der Waals surface area contributed by atoms with E-state index >= 15 is 0 Å². The largest absolute Gasteiger partial charge is 0.497 e. The molecule has 156 valence electrons. The highest BCUT2D eigenvalue weighted by Gasteiger charge is 2.06. The molecule has 0 radical (unpaired) electrons. The summed E-state index contributed by atoms with van der Waals surface area (Å²) in [6.45, 7) is 0. The lowest BCUT2D eigenvalue weighted by atomic mass is 10.1. The first-order valence-electron chi connectivity index (χ1n) is 8.99. The number of aromatic nitrogens is 2. The van der Waals surface area contributed by atoms with Gasteiger partial charge in [-0.3, -0.25) is 9.59 Å². The molecule has 8 heteroatoms. The number of hydrogen-bond acceptors (Lipinski definition) is 6. The summed E-state index contributed by atoms with van der Waals surface area (Å²) >= 11 is 0. The number of hydrogen-bond donors (Lipinski definition) is 2. The molecule has 8 nitrogen and oxygen atoms in total. The van der Waals surface area contributed by atoms with Crippen LogP contribution < -0.4 is 40.8 Å². The van der Waals surface area contributed by atoms with Crippen molar-refractivity contribution in [3.8, 4) is 23.0 Å². The minimum Gasteiger partial charge on any atom is -0.497 e. The number of methoxy groups -OCH3 is 4. The molecule has 0 unspecified atom stereocenters. The smallest absolute Gasteiger partial charge is 0.272 e. The summed E-state index contributed by atoms with van der Waals surface area (Å²) < 4.78 is 21.0. The lowest BCUT2D eigenvalue weighted by molar-refractivity contribution is 0.393. The molecule has 1 aromatic heterocycles. The summed E-state index contributed by atoms with van der Waals surface area (Å²) in [5.74, 6) is 2.25. The number of rotatable bonds is 6. The van der Waals surface area contributed by atoms with Crippen LogP contribution in [-0.2, 0) is 0 Å². The van der Waals surface area contributed by atoms with Crippen molar-refractivity contribution >= 4 is 12.2 Å². The molecule has 1 heterocycles. The van der Waals surface area contributed by atoms with Gasteiger partial charge in [0.25, 0.3) is 11.1 Å². The molecule has 0 aliphatic heterocycles. The molecule has 0 amide bonds. The Morgan fingerprint density at radius 1 is 0.633 bits per heavy atom. The molecule has 0 aliphatic carbocycles. The number of aromatic amines is 2. The second-order valence-corrected chi connectivity index (χ2v) is 6.24. The van der Waals surface area contributed by atoms with Crippen LogP contribution >= 0.6 is 0 Å². The summed E-state index contributed by atoms with van der Waals surface area (Å²) in [6, 6.07) is 10.3. The topological polar surface area (TPSA) is 103 Å². The highest BCUT2D eigenvalue weighted by molar-refractivity contribution is 5.59. The summed E-state index contributed by atoms with van der Waals surface area (Å²) in [7, 11) is 6.12. The Labute approximate surface area is 172 Å². The Hall–Kier alpha value is -3.94. The van der Waals surface area contributed by atoms with Gasteiger partial charge in [-0.05, 0) is 36.4 Å². The predicted octanol–water partition coefficient (Wildman–Crippen LogP) is 0.755. The van der Waals surface area contributed by atoms with Crippen LogP contribution in [0.25, 0.3) is 12.2 Å². The van der Waals surface area contributed by atoms with Crippen molar-refractivity contribution in [2.75, 3.05) is 28.4 Å². The van der Waals surface area contributed by atoms with E-state index in [-0.39, 0.29) is 10.7 Å². The highest BCUT2D eigenvalue weighted by atomic mass is 16.5. The number of benzene rings is 2. The molecule has 0 bridgehead atoms. The molecule has 0 saturated heterocycles. The van der Waals surface area contributed by atoms with E-state index < -0.39 is 11.1 Å². The lowest BCUT2D eigenvalue weighted by Crippen LogP contribution is -2.46. The van der Waals surface area contributed by atoms with Crippen LogP contribution in [0, 0.1) is 0 Å². The van der Waals surface area contributed by atoms with E-state index in [0.717, 1.165) is 0 Å². The van der Waals surface area contributed by atoms with Crippen LogP contribution in [-0.4, -0.2) is 38.4 Å². The van der Waals surface area contributed by atoms with E-state index in [1.165, 1.54) is 26.4 Å². The molecule has 3 rings (SSSR count). The van der Waals surface area contributed by atoms with Gasteiger partial charge in [0.15, 0.2) is 0 Å². The molecular formula is C22H22N2O6. The van der Waals surface area contributed by atoms with E-state index in [9.17, 15) is 9.59 Å². The highest BCUT2D eigenvalue weighted by Crippen LogP contribution is 2.25. The third-order valence-electron chi connectivity index (χ3n) is 4.47. The molecule has 2 aromatic carbocycles. The van der Waals surface area contributed by atoms with E-state index in [2.05, 4.69) is 9.97 Å². The Balaban J connectivity index is 2.12. The van der Waals surface area contributed by atoms with E-state index in [1.807, 2.05) is 0 Å². The molecule has 3 aromatic rings. The molecule has 0 aliphatic rings. The van der Waals surface area contributed by atoms with Crippen molar-refractivity contribution in [1.29, 1.82) is 0 Å². The van der Waals surface area contributed by atoms with Gasteiger partial charge in [-0.15, -0.1) is 0 Å². The summed E-state index contributed by atoms with van der Waals surface area (Å²) in [5.41, 5.74) is 0.332. The van der Waals surface area contributed by atoms with Gasteiger partial charge >= 0.3 is 0 Å². The number of nitrogens with one attached hydrogen (secondary N) is 2. The SMILES string of the molecule is COc1ccc(/C=c2/[nH]c(=O)/c(=C\c3ccc(OC)cc3OC)[nH]c2=O)c(OC)c1. The molecular weight excluding hydrogens is 388 g/mol. The normalized spacial score (nSPS) is 12.0. The van der Waals surface area contributed by atoms with Gasteiger partial charge < -0.3 is 28.9 Å². The first-order valence-corrected chi connectivity index (χ1v) is 8.99. The van der Waals surface area contributed by atoms with Gasteiger partial charge in [0.05, 0.1) is 28.4 Å². The van der Waals surface area contributed by atoms with Crippen LogP contribution in [0.15, 0.2) is 46.0 Å². The molecule has 0 atom stereocenters. The lowest BCUT2D eigenvalue weighted by Gasteiger charge is -2.07. The van der Waals surface area contributed by atoms with Gasteiger partial charge in [-0.2, -0.15) is 0 Å². The van der Waals surface area contributed by atoms with Gasteiger partial charge in [-0.25, -0.2) is 0 Å². The fraction of sp³-hybridized carbons (Fsp3) is 0.182. The van der Waals surface area contributed by atoms with Crippen molar-refractivity contribution in [1.82, 2.24) is 9.97 Å². The van der Waals surface area contributed by atoms with E-state index in [4.69, 9.17) is 18.9 Å². The van der Waals surface area contributed by atoms with Crippen LogP contribution in [0.3, 0.4) is 0 Å². The third-order valence-corrected chi connectivity index (χ3v) is 4.47.